The summed E-state index contributed by atoms with van der Waals surface area (Å²) >= 11 is 0. The van der Waals surface area contributed by atoms with Crippen LogP contribution in [0.3, 0.4) is 0 Å². The Morgan fingerprint density at radius 2 is 1.76 bits per heavy atom. The summed E-state index contributed by atoms with van der Waals surface area (Å²) in [5.74, 6) is -0.834. The molecule has 0 radical (unpaired) electrons. The number of aromatic nitrogens is 1. The Morgan fingerprint density at radius 3 is 2.41 bits per heavy atom. The van der Waals surface area contributed by atoms with Crippen LogP contribution in [0.25, 0.3) is 11.3 Å². The van der Waals surface area contributed by atoms with Gasteiger partial charge in [-0.3, -0.25) is 4.72 Å². The summed E-state index contributed by atoms with van der Waals surface area (Å²) in [5, 5.41) is -0.224. The van der Waals surface area contributed by atoms with E-state index in [4.69, 9.17) is 4.74 Å². The van der Waals surface area contributed by atoms with Gasteiger partial charge in [0, 0.05) is 5.56 Å². The summed E-state index contributed by atoms with van der Waals surface area (Å²) in [7, 11) is -1.46. The first-order chi connectivity index (χ1) is 13.8. The summed E-state index contributed by atoms with van der Waals surface area (Å²) in [6.07, 6.45) is 0. The molecule has 1 N–H and O–H groups in total. The first kappa shape index (κ1) is 20.3. The highest BCUT2D eigenvalue weighted by atomic mass is 32.2. The number of sulfonamides is 1. The van der Waals surface area contributed by atoms with Crippen LogP contribution in [0.5, 0.6) is 5.75 Å². The Kier molecular flexibility index (Phi) is 5.79. The third-order valence-corrected chi connectivity index (χ3v) is 5.27. The maximum Gasteiger partial charge on any atom is 0.337 e. The predicted molar refractivity (Wildman–Crippen MR) is 105 cm³/mol. The molecule has 150 valence electrons. The second-order valence-electron chi connectivity index (χ2n) is 5.88. The van der Waals surface area contributed by atoms with Crippen molar-refractivity contribution in [2.24, 2.45) is 0 Å². The highest BCUT2D eigenvalue weighted by Gasteiger charge is 2.20. The van der Waals surface area contributed by atoms with Crippen molar-refractivity contribution in [3.05, 3.63) is 72.0 Å². The number of benzene rings is 2. The monoisotopic (exact) mass is 416 g/mol. The van der Waals surface area contributed by atoms with E-state index in [0.717, 1.165) is 0 Å². The van der Waals surface area contributed by atoms with Crippen molar-refractivity contribution in [3.8, 4) is 17.0 Å². The SMILES string of the molecule is COC(=O)c1ccc(NS(=O)(=O)c2cccc(-c3ccc(F)cc3)n2)c(OC)c1. The molecule has 0 atom stereocenters. The molecule has 1 aromatic heterocycles. The molecule has 0 fully saturated rings. The van der Waals surface area contributed by atoms with Crippen LogP contribution >= 0.6 is 0 Å². The van der Waals surface area contributed by atoms with E-state index in [1.807, 2.05) is 0 Å². The zero-order valence-corrected chi connectivity index (χ0v) is 16.4. The van der Waals surface area contributed by atoms with E-state index in [1.165, 1.54) is 68.8 Å². The summed E-state index contributed by atoms with van der Waals surface area (Å²) in [4.78, 5) is 15.8. The summed E-state index contributed by atoms with van der Waals surface area (Å²) in [6, 6.07) is 14.2. The lowest BCUT2D eigenvalue weighted by Crippen LogP contribution is -2.15. The van der Waals surface area contributed by atoms with Crippen LogP contribution in [0, 0.1) is 5.82 Å². The minimum absolute atomic E-state index is 0.133. The fourth-order valence-corrected chi connectivity index (χ4v) is 3.60. The largest absolute Gasteiger partial charge is 0.495 e. The minimum Gasteiger partial charge on any atom is -0.495 e. The number of methoxy groups -OCH3 is 2. The van der Waals surface area contributed by atoms with Gasteiger partial charge >= 0.3 is 5.97 Å². The Bertz CT molecular complexity index is 1150. The van der Waals surface area contributed by atoms with E-state index in [0.29, 0.717) is 11.3 Å². The summed E-state index contributed by atoms with van der Waals surface area (Å²) in [5.41, 5.74) is 1.29. The van der Waals surface area contributed by atoms with Crippen molar-refractivity contribution < 1.29 is 27.1 Å². The Labute approximate surface area is 167 Å². The second-order valence-corrected chi connectivity index (χ2v) is 7.51. The Balaban J connectivity index is 1.93. The average molecular weight is 416 g/mol. The van der Waals surface area contributed by atoms with Crippen LogP contribution in [0.15, 0.2) is 65.7 Å². The van der Waals surface area contributed by atoms with Gasteiger partial charge < -0.3 is 9.47 Å². The number of hydrogen-bond donors (Lipinski definition) is 1. The van der Waals surface area contributed by atoms with E-state index in [-0.39, 0.29) is 22.0 Å². The van der Waals surface area contributed by atoms with Crippen LogP contribution in [0.1, 0.15) is 10.4 Å². The smallest absolute Gasteiger partial charge is 0.337 e. The molecule has 0 aliphatic carbocycles. The van der Waals surface area contributed by atoms with E-state index in [2.05, 4.69) is 14.4 Å². The van der Waals surface area contributed by atoms with Gasteiger partial charge in [-0.2, -0.15) is 8.42 Å². The molecular weight excluding hydrogens is 399 g/mol. The number of ether oxygens (including phenoxy) is 2. The van der Waals surface area contributed by atoms with Gasteiger partial charge in [-0.1, -0.05) is 6.07 Å². The van der Waals surface area contributed by atoms with Crippen molar-refractivity contribution in [2.75, 3.05) is 18.9 Å². The molecular formula is C20H17FN2O5S. The van der Waals surface area contributed by atoms with Gasteiger partial charge in [0.2, 0.25) is 0 Å². The van der Waals surface area contributed by atoms with E-state index in [9.17, 15) is 17.6 Å². The molecule has 29 heavy (non-hydrogen) atoms. The molecule has 0 aliphatic rings. The van der Waals surface area contributed by atoms with Gasteiger partial charge in [0.05, 0.1) is 31.2 Å². The third kappa shape index (κ3) is 4.52. The van der Waals surface area contributed by atoms with Gasteiger partial charge in [0.25, 0.3) is 10.0 Å². The number of carbonyl (C=O) groups excluding carboxylic acids is 1. The number of nitrogens with zero attached hydrogens (tertiary/aromatic N) is 1. The molecule has 0 spiro atoms. The highest BCUT2D eigenvalue weighted by Crippen LogP contribution is 2.28. The molecule has 0 bridgehead atoms. The first-order valence-electron chi connectivity index (χ1n) is 8.36. The second kappa shape index (κ2) is 8.27. The topological polar surface area (TPSA) is 94.6 Å². The molecule has 1 heterocycles. The van der Waals surface area contributed by atoms with Crippen LogP contribution < -0.4 is 9.46 Å². The van der Waals surface area contributed by atoms with Gasteiger partial charge in [0.1, 0.15) is 11.6 Å². The molecule has 2 aromatic carbocycles. The molecule has 7 nitrogen and oxygen atoms in total. The number of carbonyl (C=O) groups is 1. The van der Waals surface area contributed by atoms with Gasteiger partial charge in [-0.15, -0.1) is 0 Å². The first-order valence-corrected chi connectivity index (χ1v) is 9.84. The number of esters is 1. The van der Waals surface area contributed by atoms with Gasteiger partial charge in [-0.25, -0.2) is 14.2 Å². The lowest BCUT2D eigenvalue weighted by molar-refractivity contribution is 0.0600. The highest BCUT2D eigenvalue weighted by molar-refractivity contribution is 7.92. The Hall–Kier alpha value is -3.46. The number of hydrogen-bond acceptors (Lipinski definition) is 6. The number of anilines is 1. The lowest BCUT2D eigenvalue weighted by Gasteiger charge is -2.13. The Morgan fingerprint density at radius 1 is 1.03 bits per heavy atom. The molecule has 0 saturated carbocycles. The molecule has 0 aliphatic heterocycles. The van der Waals surface area contributed by atoms with Crippen molar-refractivity contribution in [1.82, 2.24) is 4.98 Å². The van der Waals surface area contributed by atoms with Crippen LogP contribution in [0.2, 0.25) is 0 Å². The minimum atomic E-state index is -4.05. The normalized spacial score (nSPS) is 11.0. The van der Waals surface area contributed by atoms with Crippen LogP contribution in [0.4, 0.5) is 10.1 Å². The fraction of sp³-hybridized carbons (Fsp3) is 0.100. The lowest BCUT2D eigenvalue weighted by atomic mass is 10.1. The molecule has 3 aromatic rings. The molecule has 0 unspecified atom stereocenters. The zero-order valence-electron chi connectivity index (χ0n) is 15.5. The number of halogens is 1. The molecule has 0 saturated heterocycles. The number of pyridine rings is 1. The average Bonchev–Trinajstić information content (AvgIpc) is 2.74. The van der Waals surface area contributed by atoms with Crippen LogP contribution in [-0.2, 0) is 14.8 Å². The molecule has 3 rings (SSSR count). The quantitative estimate of drug-likeness (QED) is 0.618. The summed E-state index contributed by atoms with van der Waals surface area (Å²) in [6.45, 7) is 0. The van der Waals surface area contributed by atoms with Crippen LogP contribution in [-0.4, -0.2) is 33.6 Å². The van der Waals surface area contributed by atoms with Gasteiger partial charge in [-0.05, 0) is 54.6 Å². The van der Waals surface area contributed by atoms with E-state index < -0.39 is 21.8 Å². The number of rotatable bonds is 6. The van der Waals surface area contributed by atoms with Crippen molar-refractivity contribution in [1.29, 1.82) is 0 Å². The maximum atomic E-state index is 13.1. The predicted octanol–water partition coefficient (Wildman–Crippen LogP) is 3.48. The summed E-state index contributed by atoms with van der Waals surface area (Å²) < 4.78 is 50.9. The standard InChI is InChI=1S/C20H17FN2O5S/c1-27-18-12-14(20(24)28-2)8-11-17(18)23-29(25,26)19-5-3-4-16(22-19)13-6-9-15(21)10-7-13/h3-12,23H,1-2H3. The fourth-order valence-electron chi connectivity index (χ4n) is 2.56. The third-order valence-electron chi connectivity index (χ3n) is 4.01. The maximum absolute atomic E-state index is 13.1. The van der Waals surface area contributed by atoms with Gasteiger partial charge in [0.15, 0.2) is 5.03 Å². The van der Waals surface area contributed by atoms with Crippen molar-refractivity contribution in [3.63, 3.8) is 0 Å². The number of nitrogens with one attached hydrogen (secondary N) is 1. The molecule has 0 amide bonds. The van der Waals surface area contributed by atoms with E-state index >= 15 is 0 Å². The molecule has 9 heteroatoms. The van der Waals surface area contributed by atoms with Crippen molar-refractivity contribution >= 4 is 21.7 Å². The van der Waals surface area contributed by atoms with E-state index in [1.54, 1.807) is 6.07 Å². The zero-order chi connectivity index (χ0) is 21.0. The van der Waals surface area contributed by atoms with Crippen molar-refractivity contribution in [2.45, 2.75) is 5.03 Å².